The lowest BCUT2D eigenvalue weighted by molar-refractivity contribution is 0.180. The Balaban J connectivity index is 1.96. The number of hydrogen-bond donors (Lipinski definition) is 1. The SMILES string of the molecule is C[C@@H]1CN2CCCC2CN1. The van der Waals surface area contributed by atoms with E-state index >= 15 is 0 Å². The number of piperazine rings is 1. The van der Waals surface area contributed by atoms with Gasteiger partial charge in [-0.05, 0) is 26.3 Å². The van der Waals surface area contributed by atoms with Gasteiger partial charge in [0.25, 0.3) is 0 Å². The van der Waals surface area contributed by atoms with Crippen LogP contribution >= 0.6 is 0 Å². The van der Waals surface area contributed by atoms with Gasteiger partial charge in [0.05, 0.1) is 0 Å². The van der Waals surface area contributed by atoms with Crippen molar-refractivity contribution in [3.05, 3.63) is 0 Å². The Morgan fingerprint density at radius 2 is 2.40 bits per heavy atom. The molecule has 0 aromatic heterocycles. The summed E-state index contributed by atoms with van der Waals surface area (Å²) in [5, 5.41) is 3.51. The van der Waals surface area contributed by atoms with Crippen molar-refractivity contribution < 1.29 is 0 Å². The Kier molecular flexibility index (Phi) is 1.66. The summed E-state index contributed by atoms with van der Waals surface area (Å²) in [6.07, 6.45) is 2.83. The van der Waals surface area contributed by atoms with E-state index in [0.29, 0.717) is 6.04 Å². The molecule has 0 saturated carbocycles. The lowest BCUT2D eigenvalue weighted by Gasteiger charge is -2.34. The molecule has 0 aliphatic carbocycles. The van der Waals surface area contributed by atoms with Crippen LogP contribution in [0.4, 0.5) is 0 Å². The highest BCUT2D eigenvalue weighted by molar-refractivity contribution is 4.88. The molecule has 0 spiro atoms. The first-order valence-electron chi connectivity index (χ1n) is 4.33. The Hall–Kier alpha value is -0.0800. The summed E-state index contributed by atoms with van der Waals surface area (Å²) in [6, 6.07) is 1.59. The molecule has 0 aromatic carbocycles. The van der Waals surface area contributed by atoms with Crippen LogP contribution in [0.2, 0.25) is 0 Å². The van der Waals surface area contributed by atoms with Crippen molar-refractivity contribution in [1.82, 2.24) is 10.2 Å². The van der Waals surface area contributed by atoms with Gasteiger partial charge in [-0.1, -0.05) is 0 Å². The largest absolute Gasteiger partial charge is 0.311 e. The summed E-state index contributed by atoms with van der Waals surface area (Å²) >= 11 is 0. The number of hydrogen-bond acceptors (Lipinski definition) is 2. The molecule has 0 radical (unpaired) electrons. The van der Waals surface area contributed by atoms with E-state index in [1.54, 1.807) is 0 Å². The van der Waals surface area contributed by atoms with Crippen molar-refractivity contribution in [3.63, 3.8) is 0 Å². The Bertz CT molecular complexity index is 124. The summed E-state index contributed by atoms with van der Waals surface area (Å²) in [4.78, 5) is 2.63. The summed E-state index contributed by atoms with van der Waals surface area (Å²) in [7, 11) is 0. The lowest BCUT2D eigenvalue weighted by Crippen LogP contribution is -2.52. The van der Waals surface area contributed by atoms with Crippen molar-refractivity contribution in [2.24, 2.45) is 0 Å². The molecular weight excluding hydrogens is 124 g/mol. The fraction of sp³-hybridized carbons (Fsp3) is 1.00. The normalized spacial score (nSPS) is 41.7. The molecule has 2 saturated heterocycles. The lowest BCUT2D eigenvalue weighted by atomic mass is 10.1. The van der Waals surface area contributed by atoms with Crippen molar-refractivity contribution in [2.75, 3.05) is 19.6 Å². The van der Waals surface area contributed by atoms with Gasteiger partial charge in [0.1, 0.15) is 0 Å². The van der Waals surface area contributed by atoms with Crippen molar-refractivity contribution in [3.8, 4) is 0 Å². The highest BCUT2D eigenvalue weighted by Crippen LogP contribution is 2.19. The monoisotopic (exact) mass is 140 g/mol. The van der Waals surface area contributed by atoms with Crippen molar-refractivity contribution >= 4 is 0 Å². The van der Waals surface area contributed by atoms with E-state index in [1.807, 2.05) is 0 Å². The van der Waals surface area contributed by atoms with Gasteiger partial charge >= 0.3 is 0 Å². The third kappa shape index (κ3) is 1.06. The second-order valence-electron chi connectivity index (χ2n) is 3.60. The molecule has 2 heterocycles. The van der Waals surface area contributed by atoms with Gasteiger partial charge in [0.2, 0.25) is 0 Å². The van der Waals surface area contributed by atoms with E-state index in [2.05, 4.69) is 17.1 Å². The van der Waals surface area contributed by atoms with E-state index < -0.39 is 0 Å². The third-order valence-electron chi connectivity index (χ3n) is 2.71. The Morgan fingerprint density at radius 1 is 1.50 bits per heavy atom. The summed E-state index contributed by atoms with van der Waals surface area (Å²) < 4.78 is 0. The molecule has 10 heavy (non-hydrogen) atoms. The maximum absolute atomic E-state index is 3.51. The molecule has 0 bridgehead atoms. The molecule has 0 aromatic rings. The van der Waals surface area contributed by atoms with Gasteiger partial charge in [-0.25, -0.2) is 0 Å². The topological polar surface area (TPSA) is 15.3 Å². The minimum Gasteiger partial charge on any atom is -0.311 e. The highest BCUT2D eigenvalue weighted by Gasteiger charge is 2.28. The fourth-order valence-corrected chi connectivity index (χ4v) is 2.12. The zero-order valence-electron chi connectivity index (χ0n) is 6.64. The summed E-state index contributed by atoms with van der Waals surface area (Å²) in [5.74, 6) is 0. The Morgan fingerprint density at radius 3 is 3.30 bits per heavy atom. The van der Waals surface area contributed by atoms with Crippen LogP contribution in [0.3, 0.4) is 0 Å². The average molecular weight is 140 g/mol. The summed E-state index contributed by atoms with van der Waals surface area (Å²) in [6.45, 7) is 6.11. The van der Waals surface area contributed by atoms with E-state index in [0.717, 1.165) is 6.04 Å². The molecule has 2 aliphatic rings. The number of fused-ring (bicyclic) bond motifs is 1. The molecule has 2 heteroatoms. The fourth-order valence-electron chi connectivity index (χ4n) is 2.12. The van der Waals surface area contributed by atoms with Gasteiger partial charge in [-0.3, -0.25) is 4.90 Å². The van der Waals surface area contributed by atoms with Crippen LogP contribution in [0.25, 0.3) is 0 Å². The first kappa shape index (κ1) is 6.62. The van der Waals surface area contributed by atoms with Gasteiger partial charge in [-0.15, -0.1) is 0 Å². The van der Waals surface area contributed by atoms with Gasteiger partial charge in [-0.2, -0.15) is 0 Å². The first-order valence-corrected chi connectivity index (χ1v) is 4.33. The smallest absolute Gasteiger partial charge is 0.0221 e. The second-order valence-corrected chi connectivity index (χ2v) is 3.60. The molecule has 2 atom stereocenters. The zero-order chi connectivity index (χ0) is 6.97. The minimum atomic E-state index is 0.717. The van der Waals surface area contributed by atoms with Crippen LogP contribution in [-0.2, 0) is 0 Å². The molecular formula is C8H16N2. The molecule has 2 rings (SSSR count). The van der Waals surface area contributed by atoms with Crippen LogP contribution < -0.4 is 5.32 Å². The maximum atomic E-state index is 3.51. The predicted molar refractivity (Wildman–Crippen MR) is 42.1 cm³/mol. The maximum Gasteiger partial charge on any atom is 0.0221 e. The molecule has 2 fully saturated rings. The zero-order valence-corrected chi connectivity index (χ0v) is 6.64. The third-order valence-corrected chi connectivity index (χ3v) is 2.71. The average Bonchev–Trinajstić information content (AvgIpc) is 2.33. The summed E-state index contributed by atoms with van der Waals surface area (Å²) in [5.41, 5.74) is 0. The molecule has 58 valence electrons. The van der Waals surface area contributed by atoms with Gasteiger partial charge in [0, 0.05) is 25.2 Å². The molecule has 1 N–H and O–H groups in total. The van der Waals surface area contributed by atoms with Crippen LogP contribution in [0.1, 0.15) is 19.8 Å². The van der Waals surface area contributed by atoms with Crippen LogP contribution in [-0.4, -0.2) is 36.6 Å². The quantitative estimate of drug-likeness (QED) is 0.525. The highest BCUT2D eigenvalue weighted by atomic mass is 15.2. The first-order chi connectivity index (χ1) is 4.86. The Labute approximate surface area is 62.6 Å². The number of rotatable bonds is 0. The van der Waals surface area contributed by atoms with Gasteiger partial charge in [0.15, 0.2) is 0 Å². The number of nitrogens with one attached hydrogen (secondary N) is 1. The van der Waals surface area contributed by atoms with Crippen molar-refractivity contribution in [2.45, 2.75) is 31.8 Å². The predicted octanol–water partition coefficient (Wildman–Crippen LogP) is 0.442. The second kappa shape index (κ2) is 2.51. The molecule has 2 nitrogen and oxygen atoms in total. The number of nitrogens with zero attached hydrogens (tertiary/aromatic N) is 1. The van der Waals surface area contributed by atoms with Crippen LogP contribution in [0.15, 0.2) is 0 Å². The molecule has 2 aliphatic heterocycles. The van der Waals surface area contributed by atoms with E-state index in [1.165, 1.54) is 32.5 Å². The standard InChI is InChI=1S/C8H16N2/c1-7-6-10-4-2-3-8(10)5-9-7/h7-9H,2-6H2,1H3/t7-,8?/m1/s1. The van der Waals surface area contributed by atoms with E-state index in [-0.39, 0.29) is 0 Å². The van der Waals surface area contributed by atoms with E-state index in [9.17, 15) is 0 Å². The van der Waals surface area contributed by atoms with Crippen LogP contribution in [0.5, 0.6) is 0 Å². The van der Waals surface area contributed by atoms with Gasteiger partial charge < -0.3 is 5.32 Å². The van der Waals surface area contributed by atoms with E-state index in [4.69, 9.17) is 0 Å². The van der Waals surface area contributed by atoms with Crippen LogP contribution in [0, 0.1) is 0 Å². The molecule has 0 amide bonds. The molecule has 1 unspecified atom stereocenters. The minimum absolute atomic E-state index is 0.717. The van der Waals surface area contributed by atoms with Crippen molar-refractivity contribution in [1.29, 1.82) is 0 Å².